The molecule has 2 N–H and O–H groups in total. The maximum Gasteiger partial charge on any atom is 0.101 e. The Balaban J connectivity index is 2.40. The van der Waals surface area contributed by atoms with Crippen LogP contribution in [0.4, 0.5) is 5.69 Å². The largest absolute Gasteiger partial charge is 0.395 e. The van der Waals surface area contributed by atoms with Crippen LogP contribution < -0.4 is 10.2 Å². The Bertz CT molecular complexity index is 479. The summed E-state index contributed by atoms with van der Waals surface area (Å²) in [5, 5.41) is 22.0. The molecular formula is C15H21N3O. The fourth-order valence-electron chi connectivity index (χ4n) is 2.60. The number of hydrogen-bond donors (Lipinski definition) is 2. The highest BCUT2D eigenvalue weighted by molar-refractivity contribution is 5.61. The molecule has 1 atom stereocenters. The molecular weight excluding hydrogens is 238 g/mol. The van der Waals surface area contributed by atoms with E-state index in [-0.39, 0.29) is 18.2 Å². The van der Waals surface area contributed by atoms with Crippen molar-refractivity contribution in [2.75, 3.05) is 24.6 Å². The fourth-order valence-corrected chi connectivity index (χ4v) is 2.60. The summed E-state index contributed by atoms with van der Waals surface area (Å²) >= 11 is 0. The number of nitrogens with one attached hydrogen (secondary N) is 1. The number of rotatable bonds is 2. The summed E-state index contributed by atoms with van der Waals surface area (Å²) in [7, 11) is 0. The first kappa shape index (κ1) is 13.9. The van der Waals surface area contributed by atoms with Gasteiger partial charge in [0, 0.05) is 18.1 Å². The topological polar surface area (TPSA) is 59.3 Å². The number of nitriles is 1. The van der Waals surface area contributed by atoms with Gasteiger partial charge in [-0.2, -0.15) is 5.26 Å². The summed E-state index contributed by atoms with van der Waals surface area (Å²) in [6.07, 6.45) is 0.975. The fraction of sp³-hybridized carbons (Fsp3) is 0.533. The maximum atomic E-state index is 9.42. The molecule has 1 aliphatic heterocycles. The van der Waals surface area contributed by atoms with Gasteiger partial charge in [0.05, 0.1) is 17.9 Å². The quantitative estimate of drug-likeness (QED) is 0.845. The Labute approximate surface area is 114 Å². The molecule has 1 saturated heterocycles. The second kappa shape index (κ2) is 5.60. The van der Waals surface area contributed by atoms with Gasteiger partial charge in [-0.3, -0.25) is 0 Å². The van der Waals surface area contributed by atoms with Crippen molar-refractivity contribution in [2.45, 2.75) is 31.8 Å². The van der Waals surface area contributed by atoms with Crippen LogP contribution in [0.5, 0.6) is 0 Å². The number of para-hydroxylation sites is 1. The number of aliphatic hydroxyl groups is 1. The number of nitrogens with zero attached hydrogens (tertiary/aromatic N) is 2. The van der Waals surface area contributed by atoms with Gasteiger partial charge in [0.25, 0.3) is 0 Å². The third-order valence-electron chi connectivity index (χ3n) is 3.84. The summed E-state index contributed by atoms with van der Waals surface area (Å²) in [6, 6.07) is 9.98. The summed E-state index contributed by atoms with van der Waals surface area (Å²) in [5.41, 5.74) is 1.61. The van der Waals surface area contributed by atoms with E-state index < -0.39 is 0 Å². The van der Waals surface area contributed by atoms with E-state index in [9.17, 15) is 10.4 Å². The Hall–Kier alpha value is -1.57. The van der Waals surface area contributed by atoms with E-state index in [1.165, 1.54) is 0 Å². The minimum Gasteiger partial charge on any atom is -0.395 e. The first-order valence-electron chi connectivity index (χ1n) is 6.69. The molecule has 1 heterocycles. The van der Waals surface area contributed by atoms with Crippen LogP contribution in [0.3, 0.4) is 0 Å². The smallest absolute Gasteiger partial charge is 0.101 e. The zero-order valence-corrected chi connectivity index (χ0v) is 11.6. The summed E-state index contributed by atoms with van der Waals surface area (Å²) in [5.74, 6) is 0. The van der Waals surface area contributed by atoms with E-state index in [0.29, 0.717) is 12.1 Å². The van der Waals surface area contributed by atoms with E-state index in [1.807, 2.05) is 24.3 Å². The Morgan fingerprint density at radius 2 is 2.21 bits per heavy atom. The molecule has 0 amide bonds. The predicted molar refractivity (Wildman–Crippen MR) is 76.1 cm³/mol. The Morgan fingerprint density at radius 1 is 1.47 bits per heavy atom. The molecule has 19 heavy (non-hydrogen) atoms. The van der Waals surface area contributed by atoms with Crippen molar-refractivity contribution >= 4 is 5.69 Å². The van der Waals surface area contributed by atoms with E-state index in [1.54, 1.807) is 0 Å². The monoisotopic (exact) mass is 259 g/mol. The van der Waals surface area contributed by atoms with Gasteiger partial charge in [0.1, 0.15) is 6.07 Å². The van der Waals surface area contributed by atoms with Crippen molar-refractivity contribution in [3.05, 3.63) is 29.8 Å². The van der Waals surface area contributed by atoms with Crippen molar-refractivity contribution < 1.29 is 5.11 Å². The van der Waals surface area contributed by atoms with E-state index in [0.717, 1.165) is 18.7 Å². The molecule has 1 fully saturated rings. The van der Waals surface area contributed by atoms with Crippen LogP contribution in [0.2, 0.25) is 0 Å². The molecule has 0 saturated carbocycles. The average molecular weight is 259 g/mol. The molecule has 1 unspecified atom stereocenters. The minimum atomic E-state index is -0.0378. The van der Waals surface area contributed by atoms with Crippen LogP contribution >= 0.6 is 0 Å². The lowest BCUT2D eigenvalue weighted by Crippen LogP contribution is -2.48. The van der Waals surface area contributed by atoms with Crippen molar-refractivity contribution in [1.29, 1.82) is 5.26 Å². The second-order valence-corrected chi connectivity index (χ2v) is 5.64. The van der Waals surface area contributed by atoms with Gasteiger partial charge in [-0.15, -0.1) is 0 Å². The maximum absolute atomic E-state index is 9.42. The SMILES string of the molecule is CC1(C)CCNC(CO)CN1c1ccccc1C#N. The highest BCUT2D eigenvalue weighted by Crippen LogP contribution is 2.30. The molecule has 1 aromatic carbocycles. The van der Waals surface area contributed by atoms with Gasteiger partial charge in [0.2, 0.25) is 0 Å². The van der Waals surface area contributed by atoms with Crippen molar-refractivity contribution in [1.82, 2.24) is 5.32 Å². The Kier molecular flexibility index (Phi) is 4.08. The molecule has 0 bridgehead atoms. The van der Waals surface area contributed by atoms with Crippen LogP contribution in [0.25, 0.3) is 0 Å². The van der Waals surface area contributed by atoms with Gasteiger partial charge >= 0.3 is 0 Å². The molecule has 4 heteroatoms. The van der Waals surface area contributed by atoms with Crippen molar-refractivity contribution in [3.8, 4) is 6.07 Å². The number of benzene rings is 1. The van der Waals surface area contributed by atoms with Gasteiger partial charge in [0.15, 0.2) is 0 Å². The Morgan fingerprint density at radius 3 is 2.89 bits per heavy atom. The molecule has 2 rings (SSSR count). The normalized spacial score (nSPS) is 22.6. The summed E-state index contributed by atoms with van der Waals surface area (Å²) < 4.78 is 0. The second-order valence-electron chi connectivity index (χ2n) is 5.64. The molecule has 0 radical (unpaired) electrons. The number of aliphatic hydroxyl groups excluding tert-OH is 1. The van der Waals surface area contributed by atoms with Gasteiger partial charge in [-0.1, -0.05) is 12.1 Å². The van der Waals surface area contributed by atoms with Crippen LogP contribution in [0, 0.1) is 11.3 Å². The van der Waals surface area contributed by atoms with Crippen molar-refractivity contribution in [2.24, 2.45) is 0 Å². The lowest BCUT2D eigenvalue weighted by molar-refractivity contribution is 0.248. The first-order valence-corrected chi connectivity index (χ1v) is 6.69. The van der Waals surface area contributed by atoms with Crippen LogP contribution in [-0.2, 0) is 0 Å². The molecule has 0 aromatic heterocycles. The van der Waals surface area contributed by atoms with Crippen LogP contribution in [-0.4, -0.2) is 36.4 Å². The third kappa shape index (κ3) is 2.89. The van der Waals surface area contributed by atoms with Crippen molar-refractivity contribution in [3.63, 3.8) is 0 Å². The average Bonchev–Trinajstić information content (AvgIpc) is 2.56. The zero-order valence-electron chi connectivity index (χ0n) is 11.6. The molecule has 1 aromatic rings. The van der Waals surface area contributed by atoms with E-state index in [2.05, 4.69) is 30.1 Å². The number of hydrogen-bond acceptors (Lipinski definition) is 4. The van der Waals surface area contributed by atoms with Crippen LogP contribution in [0.1, 0.15) is 25.8 Å². The third-order valence-corrected chi connectivity index (χ3v) is 3.84. The lowest BCUT2D eigenvalue weighted by Gasteiger charge is -2.40. The minimum absolute atomic E-state index is 0.0378. The summed E-state index contributed by atoms with van der Waals surface area (Å²) in [4.78, 5) is 2.24. The van der Waals surface area contributed by atoms with Gasteiger partial charge < -0.3 is 15.3 Å². The summed E-state index contributed by atoms with van der Waals surface area (Å²) in [6.45, 7) is 6.07. The molecule has 102 valence electrons. The highest BCUT2D eigenvalue weighted by atomic mass is 16.3. The molecule has 0 spiro atoms. The predicted octanol–water partition coefficient (Wildman–Crippen LogP) is 1.50. The molecule has 0 aliphatic carbocycles. The van der Waals surface area contributed by atoms with E-state index in [4.69, 9.17) is 0 Å². The lowest BCUT2D eigenvalue weighted by atomic mass is 9.96. The first-order chi connectivity index (χ1) is 9.08. The molecule has 1 aliphatic rings. The zero-order chi connectivity index (χ0) is 13.9. The number of anilines is 1. The van der Waals surface area contributed by atoms with Crippen LogP contribution in [0.15, 0.2) is 24.3 Å². The van der Waals surface area contributed by atoms with E-state index >= 15 is 0 Å². The van der Waals surface area contributed by atoms with Gasteiger partial charge in [-0.25, -0.2) is 0 Å². The standard InChI is InChI=1S/C15H21N3O/c1-15(2)7-8-17-13(11-19)10-18(15)14-6-4-3-5-12(14)9-16/h3-6,13,17,19H,7-8,10-11H2,1-2H3. The van der Waals surface area contributed by atoms with Gasteiger partial charge in [-0.05, 0) is 38.9 Å². The molecule has 4 nitrogen and oxygen atoms in total. The highest BCUT2D eigenvalue weighted by Gasteiger charge is 2.32.